The normalized spacial score (nSPS) is 11.1. The number of aromatic nitrogens is 3. The molecular weight excluding hydrogens is 386 g/mol. The fraction of sp³-hybridized carbons (Fsp3) is 0.0800. The van der Waals surface area contributed by atoms with Crippen molar-refractivity contribution in [1.29, 1.82) is 0 Å². The fourth-order valence-electron chi connectivity index (χ4n) is 3.77. The van der Waals surface area contributed by atoms with Crippen molar-refractivity contribution < 1.29 is 4.79 Å². The van der Waals surface area contributed by atoms with Crippen LogP contribution < -0.4 is 10.6 Å². The number of nitrogens with one attached hydrogen (secondary N) is 2. The smallest absolute Gasteiger partial charge is 0.255 e. The molecule has 6 nitrogen and oxygen atoms in total. The summed E-state index contributed by atoms with van der Waals surface area (Å²) < 4.78 is 1.78. The zero-order valence-electron chi connectivity index (χ0n) is 17.0. The van der Waals surface area contributed by atoms with E-state index in [1.54, 1.807) is 10.6 Å². The Kier molecular flexibility index (Phi) is 4.90. The summed E-state index contributed by atoms with van der Waals surface area (Å²) in [6.45, 7) is 0.790. The van der Waals surface area contributed by atoms with Gasteiger partial charge in [-0.2, -0.15) is 5.10 Å². The van der Waals surface area contributed by atoms with Crippen LogP contribution >= 0.6 is 0 Å². The van der Waals surface area contributed by atoms with Crippen molar-refractivity contribution in [3.8, 4) is 11.1 Å². The molecule has 5 aromatic rings. The van der Waals surface area contributed by atoms with Gasteiger partial charge in [0.1, 0.15) is 0 Å². The second kappa shape index (κ2) is 8.01. The molecule has 0 aliphatic carbocycles. The number of amides is 1. The molecule has 0 fully saturated rings. The highest BCUT2D eigenvalue weighted by atomic mass is 16.1. The third kappa shape index (κ3) is 3.65. The highest BCUT2D eigenvalue weighted by molar-refractivity contribution is 6.06. The molecule has 2 N–H and O–H groups in total. The molecule has 0 radical (unpaired) electrons. The van der Waals surface area contributed by atoms with Gasteiger partial charge in [-0.05, 0) is 42.3 Å². The van der Waals surface area contributed by atoms with Crippen molar-refractivity contribution in [2.24, 2.45) is 0 Å². The topological polar surface area (TPSA) is 71.3 Å². The van der Waals surface area contributed by atoms with Gasteiger partial charge in [-0.3, -0.25) is 9.78 Å². The summed E-state index contributed by atoms with van der Waals surface area (Å²) >= 11 is 0. The van der Waals surface area contributed by atoms with Crippen LogP contribution in [0.25, 0.3) is 27.4 Å². The van der Waals surface area contributed by atoms with E-state index < -0.39 is 0 Å². The Morgan fingerprint density at radius 2 is 1.81 bits per heavy atom. The summed E-state index contributed by atoms with van der Waals surface area (Å²) in [6, 6.07) is 19.6. The predicted molar refractivity (Wildman–Crippen MR) is 123 cm³/mol. The number of benzene rings is 2. The summed E-state index contributed by atoms with van der Waals surface area (Å²) in [6.07, 6.45) is 7.33. The zero-order chi connectivity index (χ0) is 21.2. The molecule has 0 unspecified atom stereocenters. The Labute approximate surface area is 179 Å². The van der Waals surface area contributed by atoms with E-state index in [0.29, 0.717) is 5.56 Å². The third-order valence-corrected chi connectivity index (χ3v) is 5.33. The first-order chi connectivity index (χ1) is 15.2. The van der Waals surface area contributed by atoms with Crippen molar-refractivity contribution in [2.45, 2.75) is 6.54 Å². The maximum Gasteiger partial charge on any atom is 0.255 e. The zero-order valence-corrected chi connectivity index (χ0v) is 17.0. The lowest BCUT2D eigenvalue weighted by molar-refractivity contribution is 0.102. The van der Waals surface area contributed by atoms with Crippen LogP contribution in [0.4, 0.5) is 5.69 Å². The first kappa shape index (κ1) is 19.0. The highest BCUT2D eigenvalue weighted by Crippen LogP contribution is 2.31. The fourth-order valence-corrected chi connectivity index (χ4v) is 3.77. The van der Waals surface area contributed by atoms with Crippen LogP contribution in [0.15, 0.2) is 85.5 Å². The van der Waals surface area contributed by atoms with Crippen LogP contribution in [-0.4, -0.2) is 27.6 Å². The molecule has 152 valence electrons. The Morgan fingerprint density at radius 1 is 0.968 bits per heavy atom. The second-order valence-corrected chi connectivity index (χ2v) is 7.39. The molecule has 0 atom stereocenters. The van der Waals surface area contributed by atoms with Crippen LogP contribution in [0.1, 0.15) is 15.9 Å². The minimum absolute atomic E-state index is 0.160. The van der Waals surface area contributed by atoms with Crippen LogP contribution in [0, 0.1) is 0 Å². The summed E-state index contributed by atoms with van der Waals surface area (Å²) in [5.41, 5.74) is 5.28. The molecular formula is C25H21N5O. The van der Waals surface area contributed by atoms with Crippen LogP contribution in [-0.2, 0) is 6.54 Å². The largest absolute Gasteiger partial charge is 0.322 e. The second-order valence-electron chi connectivity index (χ2n) is 7.39. The third-order valence-electron chi connectivity index (χ3n) is 5.33. The Balaban J connectivity index is 1.49. The van der Waals surface area contributed by atoms with Gasteiger partial charge in [0.05, 0.1) is 11.7 Å². The van der Waals surface area contributed by atoms with Gasteiger partial charge >= 0.3 is 0 Å². The average molecular weight is 407 g/mol. The minimum Gasteiger partial charge on any atom is -0.322 e. The lowest BCUT2D eigenvalue weighted by atomic mass is 10.0. The molecule has 31 heavy (non-hydrogen) atoms. The van der Waals surface area contributed by atoms with Crippen LogP contribution in [0.5, 0.6) is 0 Å². The molecule has 2 aromatic carbocycles. The van der Waals surface area contributed by atoms with Gasteiger partial charge in [0.25, 0.3) is 5.91 Å². The predicted octanol–water partition coefficient (Wildman–Crippen LogP) is 4.52. The van der Waals surface area contributed by atoms with Crippen LogP contribution in [0.3, 0.4) is 0 Å². The van der Waals surface area contributed by atoms with E-state index in [-0.39, 0.29) is 5.91 Å². The van der Waals surface area contributed by atoms with E-state index in [1.807, 2.05) is 80.4 Å². The summed E-state index contributed by atoms with van der Waals surface area (Å²) in [5, 5.41) is 12.7. The number of carbonyl (C=O) groups is 1. The SMILES string of the molecule is CNCc1ccc(NC(=O)c2ccn3ncc(-c4cncc5ccccc45)c3c2)cc1. The summed E-state index contributed by atoms with van der Waals surface area (Å²) in [7, 11) is 1.91. The quantitative estimate of drug-likeness (QED) is 0.449. The van der Waals surface area contributed by atoms with E-state index in [2.05, 4.69) is 26.8 Å². The van der Waals surface area contributed by atoms with E-state index >= 15 is 0 Å². The molecule has 0 bridgehead atoms. The van der Waals surface area contributed by atoms with Gasteiger partial charge in [0.2, 0.25) is 0 Å². The molecule has 3 aromatic heterocycles. The number of hydrogen-bond donors (Lipinski definition) is 2. The number of nitrogens with zero attached hydrogens (tertiary/aromatic N) is 3. The van der Waals surface area contributed by atoms with Gasteiger partial charge in [-0.15, -0.1) is 0 Å². The molecule has 0 aliphatic heterocycles. The average Bonchev–Trinajstić information content (AvgIpc) is 3.23. The first-order valence-electron chi connectivity index (χ1n) is 10.1. The van der Waals surface area contributed by atoms with Crippen molar-refractivity contribution in [1.82, 2.24) is 19.9 Å². The Morgan fingerprint density at radius 3 is 2.65 bits per heavy atom. The molecule has 1 amide bonds. The number of fused-ring (bicyclic) bond motifs is 2. The molecule has 5 rings (SSSR count). The molecule has 0 spiro atoms. The van der Waals surface area contributed by atoms with Gasteiger partial charge in [-0.1, -0.05) is 36.4 Å². The molecule has 3 heterocycles. The van der Waals surface area contributed by atoms with Crippen molar-refractivity contribution in [3.05, 3.63) is 96.6 Å². The van der Waals surface area contributed by atoms with E-state index in [1.165, 1.54) is 0 Å². The van der Waals surface area contributed by atoms with Crippen LogP contribution in [0.2, 0.25) is 0 Å². The van der Waals surface area contributed by atoms with Gasteiger partial charge in [0, 0.05) is 52.9 Å². The Hall–Kier alpha value is -4.03. The maximum absolute atomic E-state index is 12.9. The number of pyridine rings is 2. The van der Waals surface area contributed by atoms with E-state index in [9.17, 15) is 4.79 Å². The number of anilines is 1. The van der Waals surface area contributed by atoms with Gasteiger partial charge < -0.3 is 10.6 Å². The van der Waals surface area contributed by atoms with Crippen molar-refractivity contribution >= 4 is 27.9 Å². The molecule has 0 saturated carbocycles. The van der Waals surface area contributed by atoms with E-state index in [0.717, 1.165) is 45.2 Å². The molecule has 0 saturated heterocycles. The minimum atomic E-state index is -0.160. The van der Waals surface area contributed by atoms with Gasteiger partial charge in [0.15, 0.2) is 0 Å². The number of carbonyl (C=O) groups excluding carboxylic acids is 1. The summed E-state index contributed by atoms with van der Waals surface area (Å²) in [4.78, 5) is 17.3. The Bertz CT molecular complexity index is 1380. The summed E-state index contributed by atoms with van der Waals surface area (Å²) in [5.74, 6) is -0.160. The standard InChI is InChI=1S/C25H21N5O/c1-26-13-17-6-8-20(9-7-17)29-25(31)18-10-11-30-24(12-18)23(16-28-30)22-15-27-14-19-4-2-3-5-21(19)22/h2-12,14-16,26H,13H2,1H3,(H,29,31). The molecule has 6 heteroatoms. The first-order valence-corrected chi connectivity index (χ1v) is 10.1. The van der Waals surface area contributed by atoms with E-state index in [4.69, 9.17) is 0 Å². The molecule has 0 aliphatic rings. The van der Waals surface area contributed by atoms with Gasteiger partial charge in [-0.25, -0.2) is 4.52 Å². The maximum atomic E-state index is 12.9. The lowest BCUT2D eigenvalue weighted by Gasteiger charge is -2.08. The van der Waals surface area contributed by atoms with Crippen molar-refractivity contribution in [3.63, 3.8) is 0 Å². The monoisotopic (exact) mass is 407 g/mol. The number of hydrogen-bond acceptors (Lipinski definition) is 4. The lowest BCUT2D eigenvalue weighted by Crippen LogP contribution is -2.12. The highest BCUT2D eigenvalue weighted by Gasteiger charge is 2.13. The number of rotatable bonds is 5. The van der Waals surface area contributed by atoms with Crippen molar-refractivity contribution in [2.75, 3.05) is 12.4 Å².